The van der Waals surface area contributed by atoms with Crippen LogP contribution in [0.15, 0.2) is 42.6 Å². The first-order chi connectivity index (χ1) is 17.1. The summed E-state index contributed by atoms with van der Waals surface area (Å²) in [6, 6.07) is 10.3. The van der Waals surface area contributed by atoms with Crippen LogP contribution in [-0.4, -0.2) is 48.0 Å². The molecule has 0 saturated carbocycles. The third-order valence-electron chi connectivity index (χ3n) is 5.70. The van der Waals surface area contributed by atoms with E-state index in [0.29, 0.717) is 56.2 Å². The molecule has 2 aromatic carbocycles. The maximum atomic E-state index is 13.7. The van der Waals surface area contributed by atoms with Crippen molar-refractivity contribution in [1.82, 2.24) is 9.88 Å². The number of halogens is 1. The first-order valence-electron chi connectivity index (χ1n) is 12.4. The van der Waals surface area contributed by atoms with Crippen LogP contribution in [0.3, 0.4) is 0 Å². The second-order valence-electron chi connectivity index (χ2n) is 10.4. The first kappa shape index (κ1) is 27.5. The highest BCUT2D eigenvalue weighted by atomic mass is 19.1. The summed E-state index contributed by atoms with van der Waals surface area (Å²) in [6.45, 7) is 10.3. The van der Waals surface area contributed by atoms with Gasteiger partial charge in [0.2, 0.25) is 0 Å². The average Bonchev–Trinajstić information content (AvgIpc) is 3.21. The summed E-state index contributed by atoms with van der Waals surface area (Å²) in [6.07, 6.45) is 3.23. The number of amides is 1. The number of primary amides is 1. The number of hydrogen-bond donors (Lipinski definition) is 3. The minimum Gasteiger partial charge on any atom is -0.489 e. The Morgan fingerprint density at radius 1 is 1.17 bits per heavy atom. The van der Waals surface area contributed by atoms with Gasteiger partial charge in [0.15, 0.2) is 11.5 Å². The zero-order chi connectivity index (χ0) is 26.3. The van der Waals surface area contributed by atoms with Gasteiger partial charge in [0.25, 0.3) is 5.91 Å². The topological polar surface area (TPSA) is 98.7 Å². The molecule has 3 aromatic rings. The van der Waals surface area contributed by atoms with Crippen molar-refractivity contribution in [2.24, 2.45) is 11.1 Å². The molecule has 0 saturated heterocycles. The number of ether oxygens (including phenoxy) is 2. The molecular weight excluding hydrogens is 461 g/mol. The van der Waals surface area contributed by atoms with Crippen LogP contribution in [0.2, 0.25) is 0 Å². The van der Waals surface area contributed by atoms with Crippen molar-refractivity contribution in [1.29, 1.82) is 0 Å². The molecule has 1 atom stereocenters. The monoisotopic (exact) mass is 499 g/mol. The molecule has 7 nitrogen and oxygen atoms in total. The fourth-order valence-corrected chi connectivity index (χ4v) is 4.04. The van der Waals surface area contributed by atoms with Gasteiger partial charge in [0.1, 0.15) is 12.4 Å². The van der Waals surface area contributed by atoms with Crippen LogP contribution in [0.5, 0.6) is 11.5 Å². The summed E-state index contributed by atoms with van der Waals surface area (Å²) >= 11 is 0. The van der Waals surface area contributed by atoms with Crippen molar-refractivity contribution >= 4 is 16.8 Å². The van der Waals surface area contributed by atoms with Crippen LogP contribution < -0.4 is 20.5 Å². The first-order valence-corrected chi connectivity index (χ1v) is 12.4. The standard InChI is InChI=1S/C28H38FN3O4/c1-19(31-9-13-35-24-7-6-22(29)17-25(24)36-18-28(2,3)4)14-20-15-21-8-11-32(10-5-12-33)26(21)23(16-20)27(30)34/h6-8,11,15-17,19,31,33H,5,9-10,12-14,18H2,1-4H3,(H2,30,34)/t19-/m1/s1. The zero-order valence-electron chi connectivity index (χ0n) is 21.6. The van der Waals surface area contributed by atoms with E-state index in [1.807, 2.05) is 22.9 Å². The molecular formula is C28H38FN3O4. The number of aromatic nitrogens is 1. The van der Waals surface area contributed by atoms with E-state index in [1.54, 1.807) is 6.07 Å². The largest absolute Gasteiger partial charge is 0.489 e. The lowest BCUT2D eigenvalue weighted by Crippen LogP contribution is -2.32. The number of carbonyl (C=O) groups is 1. The van der Waals surface area contributed by atoms with Crippen molar-refractivity contribution < 1.29 is 23.8 Å². The molecule has 1 amide bonds. The predicted octanol–water partition coefficient (Wildman–Crippen LogP) is 4.29. The Morgan fingerprint density at radius 3 is 2.64 bits per heavy atom. The molecule has 0 bridgehead atoms. The van der Waals surface area contributed by atoms with Crippen molar-refractivity contribution in [3.63, 3.8) is 0 Å². The zero-order valence-corrected chi connectivity index (χ0v) is 21.6. The van der Waals surface area contributed by atoms with Crippen LogP contribution >= 0.6 is 0 Å². The van der Waals surface area contributed by atoms with Crippen molar-refractivity contribution in [2.45, 2.75) is 53.1 Å². The van der Waals surface area contributed by atoms with E-state index in [-0.39, 0.29) is 23.9 Å². The number of aliphatic hydroxyl groups is 1. The maximum absolute atomic E-state index is 13.7. The minimum absolute atomic E-state index is 0.0555. The van der Waals surface area contributed by atoms with Gasteiger partial charge in [-0.15, -0.1) is 0 Å². The Kier molecular flexibility index (Phi) is 9.34. The Hall–Kier alpha value is -3.10. The molecule has 8 heteroatoms. The van der Waals surface area contributed by atoms with E-state index in [0.717, 1.165) is 16.5 Å². The van der Waals surface area contributed by atoms with Crippen molar-refractivity contribution in [3.05, 3.63) is 59.5 Å². The van der Waals surface area contributed by atoms with Gasteiger partial charge in [-0.05, 0) is 61.1 Å². The summed E-state index contributed by atoms with van der Waals surface area (Å²) < 4.78 is 27.3. The van der Waals surface area contributed by atoms with Gasteiger partial charge < -0.3 is 30.2 Å². The number of nitrogens with zero attached hydrogens (tertiary/aromatic N) is 1. The van der Waals surface area contributed by atoms with E-state index < -0.39 is 5.91 Å². The molecule has 0 radical (unpaired) electrons. The molecule has 36 heavy (non-hydrogen) atoms. The van der Waals surface area contributed by atoms with Gasteiger partial charge in [-0.2, -0.15) is 0 Å². The number of nitrogens with two attached hydrogens (primary N) is 1. The summed E-state index contributed by atoms with van der Waals surface area (Å²) in [5.41, 5.74) is 7.93. The minimum atomic E-state index is -0.469. The van der Waals surface area contributed by atoms with Crippen LogP contribution in [-0.2, 0) is 13.0 Å². The number of carbonyl (C=O) groups excluding carboxylic acids is 1. The van der Waals surface area contributed by atoms with Gasteiger partial charge >= 0.3 is 0 Å². The number of fused-ring (bicyclic) bond motifs is 1. The molecule has 0 fully saturated rings. The molecule has 0 spiro atoms. The normalized spacial score (nSPS) is 12.6. The van der Waals surface area contributed by atoms with Gasteiger partial charge in [-0.3, -0.25) is 4.79 Å². The number of rotatable bonds is 13. The van der Waals surface area contributed by atoms with E-state index in [9.17, 15) is 9.18 Å². The molecule has 4 N–H and O–H groups in total. The maximum Gasteiger partial charge on any atom is 0.250 e. The lowest BCUT2D eigenvalue weighted by Gasteiger charge is -2.21. The van der Waals surface area contributed by atoms with Gasteiger partial charge in [-0.1, -0.05) is 20.8 Å². The lowest BCUT2D eigenvalue weighted by molar-refractivity contribution is 0.100. The summed E-state index contributed by atoms with van der Waals surface area (Å²) in [7, 11) is 0. The average molecular weight is 500 g/mol. The SMILES string of the molecule is C[C@H](Cc1cc(C(N)=O)c2c(ccn2CCCO)c1)NCCOc1ccc(F)cc1OCC(C)(C)C. The van der Waals surface area contributed by atoms with Crippen LogP contribution in [0.4, 0.5) is 4.39 Å². The number of nitrogens with one attached hydrogen (secondary N) is 1. The molecule has 0 unspecified atom stereocenters. The highest BCUT2D eigenvalue weighted by Crippen LogP contribution is 2.29. The highest BCUT2D eigenvalue weighted by Gasteiger charge is 2.16. The predicted molar refractivity (Wildman–Crippen MR) is 140 cm³/mol. The van der Waals surface area contributed by atoms with Crippen molar-refractivity contribution in [3.8, 4) is 11.5 Å². The van der Waals surface area contributed by atoms with Gasteiger partial charge in [0, 0.05) is 43.4 Å². The summed E-state index contributed by atoms with van der Waals surface area (Å²) in [4.78, 5) is 12.2. The number of benzene rings is 2. The number of hydrogen-bond acceptors (Lipinski definition) is 5. The molecule has 1 aromatic heterocycles. The van der Waals surface area contributed by atoms with Crippen molar-refractivity contribution in [2.75, 3.05) is 26.4 Å². The highest BCUT2D eigenvalue weighted by molar-refractivity contribution is 6.05. The fraction of sp³-hybridized carbons (Fsp3) is 0.464. The lowest BCUT2D eigenvalue weighted by atomic mass is 9.99. The second-order valence-corrected chi connectivity index (χ2v) is 10.4. The quantitative estimate of drug-likeness (QED) is 0.305. The molecule has 0 aliphatic carbocycles. The van der Waals surface area contributed by atoms with Crippen LogP contribution in [0.1, 0.15) is 50.0 Å². The molecule has 3 rings (SSSR count). The molecule has 0 aliphatic heterocycles. The van der Waals surface area contributed by atoms with E-state index in [4.69, 9.17) is 20.3 Å². The van der Waals surface area contributed by atoms with E-state index in [1.165, 1.54) is 12.1 Å². The van der Waals surface area contributed by atoms with Gasteiger partial charge in [0.05, 0.1) is 17.7 Å². The number of aryl methyl sites for hydroxylation is 1. The van der Waals surface area contributed by atoms with E-state index in [2.05, 4.69) is 39.1 Å². The molecule has 0 aliphatic rings. The summed E-state index contributed by atoms with van der Waals surface area (Å²) in [5.74, 6) is 0.0752. The fourth-order valence-electron chi connectivity index (χ4n) is 4.04. The van der Waals surface area contributed by atoms with Gasteiger partial charge in [-0.25, -0.2) is 4.39 Å². The molecule has 196 valence electrons. The Morgan fingerprint density at radius 2 is 1.94 bits per heavy atom. The third-order valence-corrected chi connectivity index (χ3v) is 5.70. The Balaban J connectivity index is 1.58. The second kappa shape index (κ2) is 12.2. The Bertz CT molecular complexity index is 1170. The van der Waals surface area contributed by atoms with Crippen LogP contribution in [0.25, 0.3) is 10.9 Å². The smallest absolute Gasteiger partial charge is 0.250 e. The van der Waals surface area contributed by atoms with E-state index >= 15 is 0 Å². The number of aliphatic hydroxyl groups excluding tert-OH is 1. The molecule has 1 heterocycles. The van der Waals surface area contributed by atoms with Crippen LogP contribution in [0, 0.1) is 11.2 Å². The third kappa shape index (κ3) is 7.70. The Labute approximate surface area is 212 Å². The summed E-state index contributed by atoms with van der Waals surface area (Å²) in [5, 5.41) is 13.5.